The second kappa shape index (κ2) is 9.23. The third-order valence-electron chi connectivity index (χ3n) is 3.74. The third kappa shape index (κ3) is 6.12. The molecular formula is C14H29NOS. The van der Waals surface area contributed by atoms with Crippen molar-refractivity contribution in [3.8, 4) is 0 Å². The van der Waals surface area contributed by atoms with Gasteiger partial charge in [-0.1, -0.05) is 26.7 Å². The summed E-state index contributed by atoms with van der Waals surface area (Å²) in [6.45, 7) is 6.52. The molecule has 0 aromatic rings. The molecule has 1 rings (SSSR count). The lowest BCUT2D eigenvalue weighted by molar-refractivity contribution is 0.172. The van der Waals surface area contributed by atoms with E-state index in [1.165, 1.54) is 37.9 Å². The van der Waals surface area contributed by atoms with Crippen molar-refractivity contribution in [2.45, 2.75) is 57.2 Å². The van der Waals surface area contributed by atoms with E-state index in [1.807, 2.05) is 0 Å². The molecule has 2 unspecified atom stereocenters. The predicted molar refractivity (Wildman–Crippen MR) is 77.8 cm³/mol. The summed E-state index contributed by atoms with van der Waals surface area (Å²) in [6, 6.07) is 0.653. The van der Waals surface area contributed by atoms with Crippen LogP contribution in [0.2, 0.25) is 0 Å². The van der Waals surface area contributed by atoms with Crippen LogP contribution in [0.3, 0.4) is 0 Å². The van der Waals surface area contributed by atoms with Crippen molar-refractivity contribution in [3.63, 3.8) is 0 Å². The van der Waals surface area contributed by atoms with Crippen LogP contribution in [-0.4, -0.2) is 37.3 Å². The summed E-state index contributed by atoms with van der Waals surface area (Å²) in [6.07, 6.45) is 6.94. The molecule has 102 valence electrons. The lowest BCUT2D eigenvalue weighted by atomic mass is 10.0. The molecule has 1 saturated carbocycles. The third-order valence-corrected chi connectivity index (χ3v) is 5.24. The van der Waals surface area contributed by atoms with Gasteiger partial charge in [0.25, 0.3) is 0 Å². The number of nitrogens with one attached hydrogen (secondary N) is 1. The summed E-state index contributed by atoms with van der Waals surface area (Å²) in [5.74, 6) is 1.98. The van der Waals surface area contributed by atoms with Gasteiger partial charge in [-0.05, 0) is 31.7 Å². The summed E-state index contributed by atoms with van der Waals surface area (Å²) in [4.78, 5) is 0. The fourth-order valence-electron chi connectivity index (χ4n) is 2.49. The molecule has 0 aromatic carbocycles. The van der Waals surface area contributed by atoms with Gasteiger partial charge in [-0.15, -0.1) is 0 Å². The van der Waals surface area contributed by atoms with Crippen molar-refractivity contribution >= 4 is 11.8 Å². The van der Waals surface area contributed by atoms with E-state index in [2.05, 4.69) is 30.9 Å². The van der Waals surface area contributed by atoms with Crippen LogP contribution in [0.15, 0.2) is 0 Å². The number of thioether (sulfide) groups is 1. The average Bonchev–Trinajstić information content (AvgIpc) is 2.84. The van der Waals surface area contributed by atoms with Crippen LogP contribution in [0, 0.1) is 5.92 Å². The minimum atomic E-state index is 0.653. The van der Waals surface area contributed by atoms with E-state index >= 15 is 0 Å². The van der Waals surface area contributed by atoms with Gasteiger partial charge in [0.1, 0.15) is 0 Å². The maximum atomic E-state index is 5.18. The normalized spacial score (nSPS) is 20.6. The van der Waals surface area contributed by atoms with Crippen molar-refractivity contribution in [2.24, 2.45) is 5.92 Å². The van der Waals surface area contributed by atoms with Crippen molar-refractivity contribution in [2.75, 3.05) is 26.0 Å². The molecule has 0 aliphatic heterocycles. The molecule has 0 saturated heterocycles. The Balaban J connectivity index is 2.25. The Morgan fingerprint density at radius 3 is 2.65 bits per heavy atom. The van der Waals surface area contributed by atoms with Gasteiger partial charge in [0.05, 0.1) is 0 Å². The molecule has 1 fully saturated rings. The molecule has 0 heterocycles. The lowest BCUT2D eigenvalue weighted by Gasteiger charge is -2.25. The molecule has 0 amide bonds. The summed E-state index contributed by atoms with van der Waals surface area (Å²) in [7, 11) is 1.79. The zero-order chi connectivity index (χ0) is 12.5. The standard InChI is InChI=1S/C14H29NOS/c1-4-15-14(12(2)9-10-16-3)11-17-13-7-5-6-8-13/h12-15H,4-11H2,1-3H3. The van der Waals surface area contributed by atoms with Gasteiger partial charge in [-0.3, -0.25) is 0 Å². The fourth-order valence-corrected chi connectivity index (χ4v) is 4.08. The highest BCUT2D eigenvalue weighted by atomic mass is 32.2. The smallest absolute Gasteiger partial charge is 0.0465 e. The van der Waals surface area contributed by atoms with Crippen LogP contribution in [0.5, 0.6) is 0 Å². The first-order valence-electron chi connectivity index (χ1n) is 7.11. The number of methoxy groups -OCH3 is 1. The van der Waals surface area contributed by atoms with E-state index in [0.717, 1.165) is 18.4 Å². The second-order valence-electron chi connectivity index (χ2n) is 5.16. The van der Waals surface area contributed by atoms with Gasteiger partial charge in [0.15, 0.2) is 0 Å². The van der Waals surface area contributed by atoms with Crippen LogP contribution >= 0.6 is 11.8 Å². The van der Waals surface area contributed by atoms with Crippen LogP contribution in [0.4, 0.5) is 0 Å². The van der Waals surface area contributed by atoms with E-state index in [4.69, 9.17) is 4.74 Å². The van der Waals surface area contributed by atoms with Crippen LogP contribution < -0.4 is 5.32 Å². The minimum Gasteiger partial charge on any atom is -0.385 e. The molecule has 0 radical (unpaired) electrons. The molecule has 0 bridgehead atoms. The average molecular weight is 259 g/mol. The van der Waals surface area contributed by atoms with E-state index in [0.29, 0.717) is 12.0 Å². The maximum absolute atomic E-state index is 5.18. The van der Waals surface area contributed by atoms with Crippen molar-refractivity contribution in [1.82, 2.24) is 5.32 Å². The first-order chi connectivity index (χ1) is 8.27. The minimum absolute atomic E-state index is 0.653. The number of ether oxygens (including phenoxy) is 1. The quantitative estimate of drug-likeness (QED) is 0.686. The number of hydrogen-bond acceptors (Lipinski definition) is 3. The number of hydrogen-bond donors (Lipinski definition) is 1. The topological polar surface area (TPSA) is 21.3 Å². The van der Waals surface area contributed by atoms with Crippen molar-refractivity contribution in [3.05, 3.63) is 0 Å². The van der Waals surface area contributed by atoms with Gasteiger partial charge in [0.2, 0.25) is 0 Å². The van der Waals surface area contributed by atoms with E-state index in [9.17, 15) is 0 Å². The Morgan fingerprint density at radius 2 is 2.06 bits per heavy atom. The zero-order valence-electron chi connectivity index (χ0n) is 11.7. The van der Waals surface area contributed by atoms with Crippen LogP contribution in [0.25, 0.3) is 0 Å². The molecule has 0 aromatic heterocycles. The fraction of sp³-hybridized carbons (Fsp3) is 1.00. The molecule has 1 aliphatic rings. The maximum Gasteiger partial charge on any atom is 0.0465 e. The SMILES string of the molecule is CCNC(CSC1CCCC1)C(C)CCOC. The Hall–Kier alpha value is 0.270. The van der Waals surface area contributed by atoms with Gasteiger partial charge in [0, 0.05) is 30.8 Å². The Kier molecular flexibility index (Phi) is 8.33. The predicted octanol–water partition coefficient (Wildman–Crippen LogP) is 3.31. The van der Waals surface area contributed by atoms with Crippen LogP contribution in [-0.2, 0) is 4.74 Å². The summed E-state index contributed by atoms with van der Waals surface area (Å²) in [5.41, 5.74) is 0. The first-order valence-corrected chi connectivity index (χ1v) is 8.16. The highest BCUT2D eigenvalue weighted by Gasteiger charge is 2.20. The molecule has 2 nitrogen and oxygen atoms in total. The molecule has 2 atom stereocenters. The Labute approximate surface area is 111 Å². The monoisotopic (exact) mass is 259 g/mol. The van der Waals surface area contributed by atoms with E-state index in [-0.39, 0.29) is 0 Å². The lowest BCUT2D eigenvalue weighted by Crippen LogP contribution is -2.38. The highest BCUT2D eigenvalue weighted by molar-refractivity contribution is 7.99. The highest BCUT2D eigenvalue weighted by Crippen LogP contribution is 2.30. The van der Waals surface area contributed by atoms with Crippen molar-refractivity contribution in [1.29, 1.82) is 0 Å². The number of rotatable bonds is 9. The zero-order valence-corrected chi connectivity index (χ0v) is 12.5. The molecule has 0 spiro atoms. The summed E-state index contributed by atoms with van der Waals surface area (Å²) >= 11 is 2.19. The van der Waals surface area contributed by atoms with Gasteiger partial charge in [-0.2, -0.15) is 11.8 Å². The Bertz CT molecular complexity index is 183. The van der Waals surface area contributed by atoms with Gasteiger partial charge < -0.3 is 10.1 Å². The Morgan fingerprint density at radius 1 is 1.35 bits per heavy atom. The molecule has 1 N–H and O–H groups in total. The largest absolute Gasteiger partial charge is 0.385 e. The first kappa shape index (κ1) is 15.3. The summed E-state index contributed by atoms with van der Waals surface area (Å²) < 4.78 is 5.18. The molecule has 1 aliphatic carbocycles. The van der Waals surface area contributed by atoms with Gasteiger partial charge >= 0.3 is 0 Å². The van der Waals surface area contributed by atoms with Crippen molar-refractivity contribution < 1.29 is 4.74 Å². The molecule has 3 heteroatoms. The van der Waals surface area contributed by atoms with E-state index < -0.39 is 0 Å². The second-order valence-corrected chi connectivity index (χ2v) is 6.50. The van der Waals surface area contributed by atoms with E-state index in [1.54, 1.807) is 7.11 Å². The van der Waals surface area contributed by atoms with Crippen LogP contribution in [0.1, 0.15) is 46.0 Å². The molecule has 17 heavy (non-hydrogen) atoms. The molecular weight excluding hydrogens is 230 g/mol. The summed E-state index contributed by atoms with van der Waals surface area (Å²) in [5, 5.41) is 4.57. The van der Waals surface area contributed by atoms with Gasteiger partial charge in [-0.25, -0.2) is 0 Å².